The molecule has 74 valence electrons. The Hall–Kier alpha value is -1.34. The minimum absolute atomic E-state index is 0.0885. The van der Waals surface area contributed by atoms with Crippen LogP contribution in [0.1, 0.15) is 25.1 Å². The largest absolute Gasteiger partial charge is 0.345 e. The molecule has 4 heteroatoms. The summed E-state index contributed by atoms with van der Waals surface area (Å²) in [6.07, 6.45) is -0.0885. The number of hydrogen-bond donors (Lipinski definition) is 1. The van der Waals surface area contributed by atoms with Crippen LogP contribution in [-0.4, -0.2) is 5.91 Å². The second kappa shape index (κ2) is 4.25. The number of nitrogens with one attached hydrogen (secondary N) is 1. The highest BCUT2D eigenvalue weighted by Crippen LogP contribution is 2.24. The summed E-state index contributed by atoms with van der Waals surface area (Å²) in [6.45, 7) is 3.85. The van der Waals surface area contributed by atoms with Crippen LogP contribution in [0.2, 0.25) is 0 Å². The van der Waals surface area contributed by atoms with Gasteiger partial charge in [0, 0.05) is 4.88 Å². The van der Waals surface area contributed by atoms with Gasteiger partial charge in [0.15, 0.2) is 0 Å². The van der Waals surface area contributed by atoms with Gasteiger partial charge in [0.25, 0.3) is 0 Å². The number of rotatable bonds is 3. The van der Waals surface area contributed by atoms with E-state index in [1.165, 1.54) is 0 Å². The lowest BCUT2D eigenvalue weighted by molar-refractivity contribution is -0.121. The molecule has 0 unspecified atom stereocenters. The van der Waals surface area contributed by atoms with E-state index in [0.717, 1.165) is 4.88 Å². The first-order valence-corrected chi connectivity index (χ1v) is 5.16. The maximum atomic E-state index is 11.2. The lowest BCUT2D eigenvalue weighted by atomic mass is 10.0. The first kappa shape index (κ1) is 10.7. The van der Waals surface area contributed by atoms with E-state index in [1.54, 1.807) is 11.3 Å². The molecule has 1 aromatic rings. The van der Waals surface area contributed by atoms with E-state index >= 15 is 0 Å². The van der Waals surface area contributed by atoms with Gasteiger partial charge in [0.1, 0.15) is 6.42 Å². The molecule has 0 aliphatic rings. The summed E-state index contributed by atoms with van der Waals surface area (Å²) in [6, 6.07) is 5.74. The third-order valence-corrected chi connectivity index (χ3v) is 3.02. The van der Waals surface area contributed by atoms with Gasteiger partial charge in [-0.25, -0.2) is 0 Å². The number of nitrogens with zero attached hydrogens (tertiary/aromatic N) is 1. The van der Waals surface area contributed by atoms with Crippen LogP contribution in [0, 0.1) is 11.3 Å². The summed E-state index contributed by atoms with van der Waals surface area (Å²) in [7, 11) is 0. The Morgan fingerprint density at radius 3 is 2.93 bits per heavy atom. The Morgan fingerprint density at radius 2 is 2.43 bits per heavy atom. The minimum Gasteiger partial charge on any atom is -0.345 e. The average Bonchev–Trinajstić information content (AvgIpc) is 2.54. The van der Waals surface area contributed by atoms with Gasteiger partial charge in [0.2, 0.25) is 5.91 Å². The number of hydrogen-bond acceptors (Lipinski definition) is 3. The maximum absolute atomic E-state index is 11.2. The normalized spacial score (nSPS) is 10.6. The molecule has 0 radical (unpaired) electrons. The van der Waals surface area contributed by atoms with Crippen molar-refractivity contribution >= 4 is 17.2 Å². The van der Waals surface area contributed by atoms with Crippen LogP contribution in [0.3, 0.4) is 0 Å². The van der Waals surface area contributed by atoms with Crippen LogP contribution in [0.4, 0.5) is 0 Å². The highest BCUT2D eigenvalue weighted by atomic mass is 32.1. The van der Waals surface area contributed by atoms with Crippen molar-refractivity contribution in [3.63, 3.8) is 0 Å². The first-order valence-electron chi connectivity index (χ1n) is 4.28. The molecule has 0 atom stereocenters. The van der Waals surface area contributed by atoms with Crippen LogP contribution < -0.4 is 5.32 Å². The average molecular weight is 208 g/mol. The molecule has 0 aliphatic heterocycles. The quantitative estimate of drug-likeness (QED) is 0.826. The fourth-order valence-electron chi connectivity index (χ4n) is 1.16. The number of carbonyl (C=O) groups is 1. The molecule has 1 amide bonds. The molecule has 0 saturated heterocycles. The lowest BCUT2D eigenvalue weighted by Crippen LogP contribution is -2.40. The van der Waals surface area contributed by atoms with Crippen LogP contribution in [0.5, 0.6) is 0 Å². The minimum atomic E-state index is -0.387. The topological polar surface area (TPSA) is 52.9 Å². The summed E-state index contributed by atoms with van der Waals surface area (Å²) < 4.78 is 0. The van der Waals surface area contributed by atoms with Gasteiger partial charge in [-0.05, 0) is 25.3 Å². The Labute approximate surface area is 87.4 Å². The molecular weight excluding hydrogens is 196 g/mol. The van der Waals surface area contributed by atoms with Crippen molar-refractivity contribution in [3.8, 4) is 6.07 Å². The van der Waals surface area contributed by atoms with Crippen molar-refractivity contribution < 1.29 is 4.79 Å². The van der Waals surface area contributed by atoms with Crippen LogP contribution >= 0.6 is 11.3 Å². The van der Waals surface area contributed by atoms with Crippen molar-refractivity contribution in [2.45, 2.75) is 25.8 Å². The van der Waals surface area contributed by atoms with Crippen LogP contribution in [-0.2, 0) is 10.3 Å². The summed E-state index contributed by atoms with van der Waals surface area (Å²) in [5, 5.41) is 13.1. The molecule has 14 heavy (non-hydrogen) atoms. The monoisotopic (exact) mass is 208 g/mol. The molecular formula is C10H12N2OS. The summed E-state index contributed by atoms with van der Waals surface area (Å²) in [4.78, 5) is 12.3. The summed E-state index contributed by atoms with van der Waals surface area (Å²) >= 11 is 1.59. The van der Waals surface area contributed by atoms with Gasteiger partial charge in [-0.3, -0.25) is 4.79 Å². The molecule has 1 aromatic heterocycles. The zero-order valence-electron chi connectivity index (χ0n) is 8.20. The van der Waals surface area contributed by atoms with Gasteiger partial charge in [0.05, 0.1) is 11.6 Å². The first-order chi connectivity index (χ1) is 6.56. The zero-order chi connectivity index (χ0) is 10.6. The van der Waals surface area contributed by atoms with Gasteiger partial charge in [-0.2, -0.15) is 5.26 Å². The van der Waals surface area contributed by atoms with E-state index in [0.29, 0.717) is 0 Å². The maximum Gasteiger partial charge on any atom is 0.234 e. The van der Waals surface area contributed by atoms with E-state index in [-0.39, 0.29) is 17.9 Å². The smallest absolute Gasteiger partial charge is 0.234 e. The molecule has 0 fully saturated rings. The van der Waals surface area contributed by atoms with E-state index in [1.807, 2.05) is 37.4 Å². The number of carbonyl (C=O) groups excluding carboxylic acids is 1. The SMILES string of the molecule is CC(C)(NC(=O)CC#N)c1cccs1. The van der Waals surface area contributed by atoms with E-state index in [4.69, 9.17) is 5.26 Å². The van der Waals surface area contributed by atoms with Crippen molar-refractivity contribution in [2.75, 3.05) is 0 Å². The fraction of sp³-hybridized carbons (Fsp3) is 0.400. The molecule has 3 nitrogen and oxygen atoms in total. The molecule has 0 aromatic carbocycles. The molecule has 1 heterocycles. The van der Waals surface area contributed by atoms with E-state index in [9.17, 15) is 4.79 Å². The second-order valence-corrected chi connectivity index (χ2v) is 4.43. The number of amides is 1. The molecule has 1 N–H and O–H groups in total. The van der Waals surface area contributed by atoms with Crippen molar-refractivity contribution in [1.29, 1.82) is 5.26 Å². The Balaban J connectivity index is 2.68. The predicted molar refractivity (Wildman–Crippen MR) is 55.7 cm³/mol. The molecule has 0 aliphatic carbocycles. The van der Waals surface area contributed by atoms with Crippen LogP contribution in [0.15, 0.2) is 17.5 Å². The van der Waals surface area contributed by atoms with Crippen molar-refractivity contribution in [3.05, 3.63) is 22.4 Å². The lowest BCUT2D eigenvalue weighted by Gasteiger charge is -2.24. The molecule has 0 bridgehead atoms. The number of nitriles is 1. The Kier molecular flexibility index (Phi) is 3.26. The van der Waals surface area contributed by atoms with Gasteiger partial charge < -0.3 is 5.32 Å². The second-order valence-electron chi connectivity index (χ2n) is 3.49. The standard InChI is InChI=1S/C10H12N2OS/c1-10(2,8-4-3-7-14-8)12-9(13)5-6-11/h3-4,7H,5H2,1-2H3,(H,12,13). The molecule has 0 spiro atoms. The van der Waals surface area contributed by atoms with Gasteiger partial charge in [-0.1, -0.05) is 6.07 Å². The highest BCUT2D eigenvalue weighted by Gasteiger charge is 2.23. The zero-order valence-corrected chi connectivity index (χ0v) is 9.02. The molecule has 1 rings (SSSR count). The Bertz CT molecular complexity index is 349. The van der Waals surface area contributed by atoms with Crippen molar-refractivity contribution in [2.24, 2.45) is 0 Å². The van der Waals surface area contributed by atoms with Crippen LogP contribution in [0.25, 0.3) is 0 Å². The summed E-state index contributed by atoms with van der Waals surface area (Å²) in [5.41, 5.74) is -0.387. The molecule has 0 saturated carbocycles. The highest BCUT2D eigenvalue weighted by molar-refractivity contribution is 7.10. The Morgan fingerprint density at radius 1 is 1.71 bits per heavy atom. The van der Waals surface area contributed by atoms with E-state index in [2.05, 4.69) is 5.32 Å². The third-order valence-electron chi connectivity index (χ3n) is 1.83. The number of thiophene rings is 1. The predicted octanol–water partition coefficient (Wildman–Crippen LogP) is 2.01. The fourth-order valence-corrected chi connectivity index (χ4v) is 1.97. The third kappa shape index (κ3) is 2.57. The van der Waals surface area contributed by atoms with Crippen molar-refractivity contribution in [1.82, 2.24) is 5.32 Å². The summed E-state index contributed by atoms with van der Waals surface area (Å²) in [5.74, 6) is -0.231. The van der Waals surface area contributed by atoms with E-state index < -0.39 is 0 Å². The van der Waals surface area contributed by atoms with Gasteiger partial charge >= 0.3 is 0 Å². The van der Waals surface area contributed by atoms with Gasteiger partial charge in [-0.15, -0.1) is 11.3 Å².